The summed E-state index contributed by atoms with van der Waals surface area (Å²) in [5.41, 5.74) is 1.55. The average molecular weight is 224 g/mol. The predicted octanol–water partition coefficient (Wildman–Crippen LogP) is 2.95. The molecule has 0 radical (unpaired) electrons. The fraction of sp³-hybridized carbons (Fsp3) is 0.571. The molecule has 0 saturated heterocycles. The SMILES string of the molecule is CO.CO.c1ccc(C2CCCCC2)cc1. The van der Waals surface area contributed by atoms with Crippen molar-refractivity contribution in [3.05, 3.63) is 35.9 Å². The standard InChI is InChI=1S/C12H16.2CH4O/c1-3-7-11(8-4-1)12-9-5-2-6-10-12;2*1-2/h1,3-4,7-8,12H,2,5-6,9-10H2;2*2H,1H3. The van der Waals surface area contributed by atoms with Gasteiger partial charge in [0.2, 0.25) is 0 Å². The highest BCUT2D eigenvalue weighted by Crippen LogP contribution is 2.31. The smallest absolute Gasteiger partial charge is 0.0319 e. The lowest BCUT2D eigenvalue weighted by Gasteiger charge is -2.21. The van der Waals surface area contributed by atoms with Gasteiger partial charge in [0, 0.05) is 14.2 Å². The first kappa shape index (κ1) is 15.1. The van der Waals surface area contributed by atoms with E-state index in [-0.39, 0.29) is 0 Å². The van der Waals surface area contributed by atoms with Gasteiger partial charge in [0.05, 0.1) is 0 Å². The molecule has 0 spiro atoms. The first-order chi connectivity index (χ1) is 7.97. The zero-order valence-electron chi connectivity index (χ0n) is 10.4. The Morgan fingerprint density at radius 2 is 1.31 bits per heavy atom. The van der Waals surface area contributed by atoms with E-state index < -0.39 is 0 Å². The monoisotopic (exact) mass is 224 g/mol. The molecule has 0 atom stereocenters. The normalized spacial score (nSPS) is 15.2. The Balaban J connectivity index is 0.000000509. The van der Waals surface area contributed by atoms with Gasteiger partial charge < -0.3 is 10.2 Å². The summed E-state index contributed by atoms with van der Waals surface area (Å²) in [7, 11) is 2.00. The number of hydrogen-bond acceptors (Lipinski definition) is 2. The van der Waals surface area contributed by atoms with Crippen molar-refractivity contribution >= 4 is 0 Å². The lowest BCUT2D eigenvalue weighted by atomic mass is 9.84. The van der Waals surface area contributed by atoms with E-state index in [4.69, 9.17) is 10.2 Å². The summed E-state index contributed by atoms with van der Waals surface area (Å²) in [5.74, 6) is 0.861. The minimum atomic E-state index is 0.861. The molecule has 1 fully saturated rings. The van der Waals surface area contributed by atoms with Crippen molar-refractivity contribution in [1.82, 2.24) is 0 Å². The Labute approximate surface area is 98.9 Å². The van der Waals surface area contributed by atoms with E-state index in [1.54, 1.807) is 5.56 Å². The zero-order chi connectivity index (χ0) is 12.2. The van der Waals surface area contributed by atoms with Crippen LogP contribution < -0.4 is 0 Å². The molecule has 0 aromatic heterocycles. The number of aliphatic hydroxyl groups excluding tert-OH is 2. The highest BCUT2D eigenvalue weighted by atomic mass is 16.2. The minimum Gasteiger partial charge on any atom is -0.400 e. The van der Waals surface area contributed by atoms with E-state index in [2.05, 4.69) is 30.3 Å². The van der Waals surface area contributed by atoms with Crippen LogP contribution in [0.1, 0.15) is 43.6 Å². The molecule has 2 rings (SSSR count). The van der Waals surface area contributed by atoms with Gasteiger partial charge in [0.25, 0.3) is 0 Å². The maximum Gasteiger partial charge on any atom is 0.0319 e. The molecule has 92 valence electrons. The van der Waals surface area contributed by atoms with Gasteiger partial charge in [-0.1, -0.05) is 49.6 Å². The quantitative estimate of drug-likeness (QED) is 0.770. The second-order valence-electron chi connectivity index (χ2n) is 3.75. The third-order valence-corrected chi connectivity index (χ3v) is 2.88. The molecule has 0 amide bonds. The van der Waals surface area contributed by atoms with Crippen molar-refractivity contribution in [3.8, 4) is 0 Å². The fourth-order valence-corrected chi connectivity index (χ4v) is 2.16. The van der Waals surface area contributed by atoms with Gasteiger partial charge in [-0.15, -0.1) is 0 Å². The minimum absolute atomic E-state index is 0.861. The lowest BCUT2D eigenvalue weighted by molar-refractivity contribution is 0.399. The number of benzene rings is 1. The molecule has 16 heavy (non-hydrogen) atoms. The summed E-state index contributed by atoms with van der Waals surface area (Å²) in [6, 6.07) is 11.0. The Kier molecular flexibility index (Phi) is 10.1. The van der Waals surface area contributed by atoms with Crippen molar-refractivity contribution in [2.45, 2.75) is 38.0 Å². The Morgan fingerprint density at radius 3 is 1.81 bits per heavy atom. The number of aliphatic hydroxyl groups is 2. The highest BCUT2D eigenvalue weighted by Gasteiger charge is 2.14. The molecule has 2 heteroatoms. The van der Waals surface area contributed by atoms with Crippen LogP contribution in [0.5, 0.6) is 0 Å². The topological polar surface area (TPSA) is 40.5 Å². The van der Waals surface area contributed by atoms with Crippen LogP contribution in [0.4, 0.5) is 0 Å². The first-order valence-electron chi connectivity index (χ1n) is 5.91. The molecule has 1 saturated carbocycles. The van der Waals surface area contributed by atoms with Gasteiger partial charge in [0.1, 0.15) is 0 Å². The second kappa shape index (κ2) is 10.7. The average Bonchev–Trinajstić information content (AvgIpc) is 2.45. The highest BCUT2D eigenvalue weighted by molar-refractivity contribution is 5.19. The van der Waals surface area contributed by atoms with E-state index in [1.165, 1.54) is 32.1 Å². The van der Waals surface area contributed by atoms with E-state index in [0.717, 1.165) is 20.1 Å². The van der Waals surface area contributed by atoms with Crippen molar-refractivity contribution < 1.29 is 10.2 Å². The van der Waals surface area contributed by atoms with E-state index >= 15 is 0 Å². The second-order valence-corrected chi connectivity index (χ2v) is 3.75. The molecule has 1 aromatic rings. The molecule has 2 N–H and O–H groups in total. The zero-order valence-corrected chi connectivity index (χ0v) is 10.4. The summed E-state index contributed by atoms with van der Waals surface area (Å²) < 4.78 is 0. The van der Waals surface area contributed by atoms with Crippen LogP contribution in [-0.2, 0) is 0 Å². The maximum absolute atomic E-state index is 7.00. The van der Waals surface area contributed by atoms with Crippen molar-refractivity contribution in [2.75, 3.05) is 14.2 Å². The molecular weight excluding hydrogens is 200 g/mol. The molecule has 1 aromatic carbocycles. The molecule has 0 aliphatic heterocycles. The maximum atomic E-state index is 7.00. The van der Waals surface area contributed by atoms with Crippen molar-refractivity contribution in [1.29, 1.82) is 0 Å². The van der Waals surface area contributed by atoms with Gasteiger partial charge in [-0.3, -0.25) is 0 Å². The van der Waals surface area contributed by atoms with E-state index in [1.807, 2.05) is 0 Å². The van der Waals surface area contributed by atoms with Crippen LogP contribution in [0, 0.1) is 0 Å². The van der Waals surface area contributed by atoms with Gasteiger partial charge in [-0.2, -0.15) is 0 Å². The van der Waals surface area contributed by atoms with Crippen molar-refractivity contribution in [3.63, 3.8) is 0 Å². The molecule has 0 unspecified atom stereocenters. The summed E-state index contributed by atoms with van der Waals surface area (Å²) in [5, 5.41) is 14.0. The van der Waals surface area contributed by atoms with Gasteiger partial charge in [-0.05, 0) is 24.3 Å². The van der Waals surface area contributed by atoms with Gasteiger partial charge >= 0.3 is 0 Å². The van der Waals surface area contributed by atoms with E-state index in [9.17, 15) is 0 Å². The number of hydrogen-bond donors (Lipinski definition) is 2. The largest absolute Gasteiger partial charge is 0.400 e. The van der Waals surface area contributed by atoms with E-state index in [0.29, 0.717) is 0 Å². The Morgan fingerprint density at radius 1 is 0.812 bits per heavy atom. The number of rotatable bonds is 1. The van der Waals surface area contributed by atoms with Crippen LogP contribution in [-0.4, -0.2) is 24.4 Å². The van der Waals surface area contributed by atoms with Gasteiger partial charge in [-0.25, -0.2) is 0 Å². The lowest BCUT2D eigenvalue weighted by Crippen LogP contribution is -2.03. The molecular formula is C14H24O2. The van der Waals surface area contributed by atoms with Crippen LogP contribution in [0.3, 0.4) is 0 Å². The predicted molar refractivity (Wildman–Crippen MR) is 68.6 cm³/mol. The molecule has 1 aliphatic carbocycles. The Hall–Kier alpha value is -0.860. The molecule has 0 bridgehead atoms. The molecule has 1 aliphatic rings. The first-order valence-corrected chi connectivity index (χ1v) is 5.91. The van der Waals surface area contributed by atoms with Crippen molar-refractivity contribution in [2.24, 2.45) is 0 Å². The summed E-state index contributed by atoms with van der Waals surface area (Å²) in [6.07, 6.45) is 7.12. The summed E-state index contributed by atoms with van der Waals surface area (Å²) >= 11 is 0. The summed E-state index contributed by atoms with van der Waals surface area (Å²) in [4.78, 5) is 0. The third-order valence-electron chi connectivity index (χ3n) is 2.88. The van der Waals surface area contributed by atoms with Crippen LogP contribution in [0.25, 0.3) is 0 Å². The van der Waals surface area contributed by atoms with Crippen LogP contribution >= 0.6 is 0 Å². The third kappa shape index (κ3) is 5.29. The van der Waals surface area contributed by atoms with Crippen LogP contribution in [0.15, 0.2) is 30.3 Å². The van der Waals surface area contributed by atoms with Crippen LogP contribution in [0.2, 0.25) is 0 Å². The Bertz CT molecular complexity index is 228. The van der Waals surface area contributed by atoms with Gasteiger partial charge in [0.15, 0.2) is 0 Å². The molecule has 2 nitrogen and oxygen atoms in total. The fourth-order valence-electron chi connectivity index (χ4n) is 2.16. The molecule has 0 heterocycles. The summed E-state index contributed by atoms with van der Waals surface area (Å²) in [6.45, 7) is 0.